The first-order valence-corrected chi connectivity index (χ1v) is 10.9. The van der Waals surface area contributed by atoms with Crippen molar-refractivity contribution in [1.82, 2.24) is 24.3 Å². The number of fused-ring (bicyclic) bond motifs is 1. The van der Waals surface area contributed by atoms with E-state index in [-0.39, 0.29) is 29.7 Å². The molecule has 0 aliphatic rings. The predicted molar refractivity (Wildman–Crippen MR) is 125 cm³/mol. The van der Waals surface area contributed by atoms with Crippen molar-refractivity contribution < 1.29 is 13.9 Å². The Labute approximate surface area is 202 Å². The highest BCUT2D eigenvalue weighted by Crippen LogP contribution is 2.28. The number of benzene rings is 1. The van der Waals surface area contributed by atoms with Crippen molar-refractivity contribution >= 4 is 33.3 Å². The van der Waals surface area contributed by atoms with Gasteiger partial charge in [0.25, 0.3) is 11.8 Å². The molecule has 0 fully saturated rings. The summed E-state index contributed by atoms with van der Waals surface area (Å²) in [7, 11) is 1.63. The zero-order valence-electron chi connectivity index (χ0n) is 18.2. The van der Waals surface area contributed by atoms with E-state index >= 15 is 0 Å². The van der Waals surface area contributed by atoms with E-state index in [1.165, 1.54) is 29.3 Å². The number of hydrogen-bond donors (Lipinski definition) is 1. The van der Waals surface area contributed by atoms with E-state index in [1.807, 2.05) is 0 Å². The van der Waals surface area contributed by atoms with E-state index in [1.54, 1.807) is 42.9 Å². The van der Waals surface area contributed by atoms with Gasteiger partial charge in [-0.2, -0.15) is 5.26 Å². The first kappa shape index (κ1) is 23.1. The van der Waals surface area contributed by atoms with Gasteiger partial charge in [-0.05, 0) is 53.2 Å². The lowest BCUT2D eigenvalue weighted by atomic mass is 10.0. The van der Waals surface area contributed by atoms with Crippen LogP contribution in [0, 0.1) is 17.1 Å². The van der Waals surface area contributed by atoms with Crippen molar-refractivity contribution in [2.45, 2.75) is 19.6 Å². The normalized spacial score (nSPS) is 11.7. The number of pyridine rings is 1. The van der Waals surface area contributed by atoms with E-state index in [0.717, 1.165) is 0 Å². The van der Waals surface area contributed by atoms with Crippen LogP contribution in [0.2, 0.25) is 0 Å². The summed E-state index contributed by atoms with van der Waals surface area (Å²) in [5.41, 5.74) is 8.24. The number of nitriles is 1. The molecule has 1 aromatic carbocycles. The average molecular weight is 524 g/mol. The molecular formula is C23H19BrFN7O2. The molecule has 0 bridgehead atoms. The maximum Gasteiger partial charge on any atom is 0.258 e. The summed E-state index contributed by atoms with van der Waals surface area (Å²) in [5.74, 6) is -0.706. The number of carbonyl (C=O) groups is 1. The molecule has 0 spiro atoms. The minimum atomic E-state index is -0.742. The van der Waals surface area contributed by atoms with Gasteiger partial charge in [0, 0.05) is 30.6 Å². The van der Waals surface area contributed by atoms with Gasteiger partial charge in [0.2, 0.25) is 0 Å². The van der Waals surface area contributed by atoms with Crippen molar-refractivity contribution in [3.63, 3.8) is 0 Å². The fourth-order valence-corrected chi connectivity index (χ4v) is 3.71. The largest absolute Gasteiger partial charge is 0.467 e. The number of nitrogen functional groups attached to an aromatic ring is 1. The zero-order valence-corrected chi connectivity index (χ0v) is 19.8. The SMILES string of the molecule is CC(Oc1nc(Br)cnc1N)c1cc(F)ccc1C(=O)N(C)Cc1cn2cc(C#N)ccc2n1. The Morgan fingerprint density at radius 3 is 2.88 bits per heavy atom. The number of carbonyl (C=O) groups excluding carboxylic acids is 1. The molecule has 34 heavy (non-hydrogen) atoms. The quantitative estimate of drug-likeness (QED) is 0.406. The van der Waals surface area contributed by atoms with Crippen LogP contribution >= 0.6 is 15.9 Å². The van der Waals surface area contributed by atoms with Crippen LogP contribution in [0.1, 0.15) is 40.2 Å². The molecule has 0 saturated carbocycles. The topological polar surface area (TPSA) is 122 Å². The van der Waals surface area contributed by atoms with Crippen molar-refractivity contribution in [1.29, 1.82) is 5.26 Å². The van der Waals surface area contributed by atoms with Crippen LogP contribution in [-0.4, -0.2) is 37.2 Å². The number of ether oxygens (including phenoxy) is 1. The van der Waals surface area contributed by atoms with Gasteiger partial charge in [-0.15, -0.1) is 0 Å². The molecule has 1 amide bonds. The monoisotopic (exact) mass is 523 g/mol. The summed E-state index contributed by atoms with van der Waals surface area (Å²) in [6.07, 6.45) is 4.11. The van der Waals surface area contributed by atoms with Crippen LogP contribution in [0.15, 0.2) is 53.5 Å². The Hall–Kier alpha value is -4.04. The van der Waals surface area contributed by atoms with Gasteiger partial charge in [0.15, 0.2) is 5.82 Å². The predicted octanol–water partition coefficient (Wildman–Crippen LogP) is 3.89. The smallest absolute Gasteiger partial charge is 0.258 e. The summed E-state index contributed by atoms with van der Waals surface area (Å²) in [5, 5.41) is 9.07. The van der Waals surface area contributed by atoms with Crippen LogP contribution in [0.3, 0.4) is 0 Å². The van der Waals surface area contributed by atoms with Crippen molar-refractivity contribution in [2.75, 3.05) is 12.8 Å². The first-order chi connectivity index (χ1) is 16.2. The minimum absolute atomic E-state index is 0.0688. The average Bonchev–Trinajstić information content (AvgIpc) is 3.22. The third-order valence-corrected chi connectivity index (χ3v) is 5.47. The summed E-state index contributed by atoms with van der Waals surface area (Å²) in [6.45, 7) is 1.88. The Morgan fingerprint density at radius 2 is 2.12 bits per heavy atom. The standard InChI is InChI=1S/C23H19BrFN7O2/c1-13(34-22-21(27)28-9-19(24)30-22)18-7-15(25)4-5-17(18)23(33)31(2)11-16-12-32-10-14(8-26)3-6-20(32)29-16/h3-7,9-10,12-13H,11H2,1-2H3,(H2,27,28). The summed E-state index contributed by atoms with van der Waals surface area (Å²) < 4.78 is 22.1. The molecule has 1 unspecified atom stereocenters. The van der Waals surface area contributed by atoms with Gasteiger partial charge in [-0.1, -0.05) is 0 Å². The van der Waals surface area contributed by atoms with Gasteiger partial charge in [-0.3, -0.25) is 4.79 Å². The molecule has 3 heterocycles. The summed E-state index contributed by atoms with van der Waals surface area (Å²) >= 11 is 3.21. The highest BCUT2D eigenvalue weighted by atomic mass is 79.9. The number of rotatable bonds is 6. The summed E-state index contributed by atoms with van der Waals surface area (Å²) in [4.78, 5) is 27.4. The molecule has 4 rings (SSSR count). The first-order valence-electron chi connectivity index (χ1n) is 10.1. The molecule has 1 atom stereocenters. The number of amides is 1. The van der Waals surface area contributed by atoms with Crippen LogP contribution in [-0.2, 0) is 6.54 Å². The van der Waals surface area contributed by atoms with Gasteiger partial charge in [-0.25, -0.2) is 19.3 Å². The number of anilines is 1. The fraction of sp³-hybridized carbons (Fsp3) is 0.174. The molecule has 3 aromatic heterocycles. The molecule has 11 heteroatoms. The van der Waals surface area contributed by atoms with Crippen LogP contribution in [0.4, 0.5) is 10.2 Å². The minimum Gasteiger partial charge on any atom is -0.467 e. The van der Waals surface area contributed by atoms with E-state index in [2.05, 4.69) is 37.0 Å². The highest BCUT2D eigenvalue weighted by molar-refractivity contribution is 9.10. The second-order valence-electron chi connectivity index (χ2n) is 7.56. The molecule has 0 radical (unpaired) electrons. The molecule has 0 saturated heterocycles. The second-order valence-corrected chi connectivity index (χ2v) is 8.38. The molecule has 9 nitrogen and oxygen atoms in total. The van der Waals surface area contributed by atoms with E-state index in [0.29, 0.717) is 27.1 Å². The highest BCUT2D eigenvalue weighted by Gasteiger charge is 2.23. The van der Waals surface area contributed by atoms with E-state index in [9.17, 15) is 9.18 Å². The number of nitrogens with two attached hydrogens (primary N) is 1. The molecular weight excluding hydrogens is 505 g/mol. The lowest BCUT2D eigenvalue weighted by molar-refractivity contribution is 0.0778. The van der Waals surface area contributed by atoms with E-state index < -0.39 is 11.9 Å². The molecule has 4 aromatic rings. The van der Waals surface area contributed by atoms with Gasteiger partial charge in [0.05, 0.1) is 24.0 Å². The zero-order chi connectivity index (χ0) is 24.4. The third-order valence-electron chi connectivity index (χ3n) is 5.08. The van der Waals surface area contributed by atoms with E-state index in [4.69, 9.17) is 15.7 Å². The van der Waals surface area contributed by atoms with Crippen molar-refractivity contribution in [3.05, 3.63) is 81.7 Å². The maximum atomic E-state index is 14.1. The Bertz CT molecular complexity index is 1430. The molecule has 172 valence electrons. The Kier molecular flexibility index (Phi) is 6.43. The number of imidazole rings is 1. The Balaban J connectivity index is 1.58. The number of aromatic nitrogens is 4. The lowest BCUT2D eigenvalue weighted by Crippen LogP contribution is -2.28. The van der Waals surface area contributed by atoms with Crippen LogP contribution < -0.4 is 10.5 Å². The van der Waals surface area contributed by atoms with Gasteiger partial charge < -0.3 is 19.8 Å². The summed E-state index contributed by atoms with van der Waals surface area (Å²) in [6, 6.07) is 9.38. The number of hydrogen-bond acceptors (Lipinski definition) is 7. The van der Waals surface area contributed by atoms with Gasteiger partial charge in [0.1, 0.15) is 28.2 Å². The van der Waals surface area contributed by atoms with Crippen molar-refractivity contribution in [3.8, 4) is 11.9 Å². The molecule has 0 aliphatic carbocycles. The number of nitrogens with zero attached hydrogens (tertiary/aromatic N) is 6. The maximum absolute atomic E-state index is 14.1. The molecule has 0 aliphatic heterocycles. The second kappa shape index (κ2) is 9.44. The van der Waals surface area contributed by atoms with Crippen LogP contribution in [0.25, 0.3) is 5.65 Å². The molecule has 2 N–H and O–H groups in total. The fourth-order valence-electron chi connectivity index (χ4n) is 3.45. The van der Waals surface area contributed by atoms with Gasteiger partial charge >= 0.3 is 0 Å². The van der Waals surface area contributed by atoms with Crippen molar-refractivity contribution in [2.24, 2.45) is 0 Å². The van der Waals surface area contributed by atoms with Crippen LogP contribution in [0.5, 0.6) is 5.88 Å². The Morgan fingerprint density at radius 1 is 1.32 bits per heavy atom. The lowest BCUT2D eigenvalue weighted by Gasteiger charge is -2.21. The number of halogens is 2. The third kappa shape index (κ3) is 4.82.